The summed E-state index contributed by atoms with van der Waals surface area (Å²) in [6.07, 6.45) is 0. The highest BCUT2D eigenvalue weighted by Crippen LogP contribution is 2.15. The van der Waals surface area contributed by atoms with Crippen molar-refractivity contribution in [1.82, 2.24) is 0 Å². The Kier molecular flexibility index (Phi) is 2.26. The number of hydrogen-bond acceptors (Lipinski definition) is 2. The van der Waals surface area contributed by atoms with Gasteiger partial charge in [0.1, 0.15) is 5.75 Å². The quantitative estimate of drug-likeness (QED) is 0.449. The van der Waals surface area contributed by atoms with Crippen LogP contribution in [0.1, 0.15) is 5.56 Å². The second kappa shape index (κ2) is 3.19. The van der Waals surface area contributed by atoms with Gasteiger partial charge < -0.3 is 4.74 Å². The van der Waals surface area contributed by atoms with Crippen molar-refractivity contribution < 1.29 is 9.53 Å². The molecule has 0 saturated heterocycles. The maximum atomic E-state index is 10.4. The third-order valence-corrected chi connectivity index (χ3v) is 1.32. The van der Waals surface area contributed by atoms with E-state index >= 15 is 0 Å². The van der Waals surface area contributed by atoms with Gasteiger partial charge in [0.25, 0.3) is 0 Å². The van der Waals surface area contributed by atoms with Crippen LogP contribution in [0.3, 0.4) is 0 Å². The van der Waals surface area contributed by atoms with Crippen LogP contribution in [0.4, 0.5) is 0 Å². The zero-order valence-corrected chi connectivity index (χ0v) is 6.33. The highest BCUT2D eigenvalue weighted by atomic mass is 16.5. The summed E-state index contributed by atoms with van der Waals surface area (Å²) in [4.78, 5) is 10.4. The first-order valence-electron chi connectivity index (χ1n) is 3.29. The largest absolute Gasteiger partial charge is 0.426 e. The molecule has 0 aliphatic rings. The fourth-order valence-corrected chi connectivity index (χ4v) is 0.794. The van der Waals surface area contributed by atoms with Gasteiger partial charge >= 0.3 is 5.97 Å². The van der Waals surface area contributed by atoms with E-state index in [0.717, 1.165) is 5.56 Å². The Bertz CT molecular complexity index is 266. The number of carbonyl (C=O) groups is 1. The zero-order valence-electron chi connectivity index (χ0n) is 6.33. The van der Waals surface area contributed by atoms with Gasteiger partial charge in [-0.15, -0.1) is 0 Å². The van der Waals surface area contributed by atoms with E-state index in [1.807, 2.05) is 25.1 Å². The zero-order chi connectivity index (χ0) is 8.27. The maximum absolute atomic E-state index is 10.4. The molecule has 0 saturated carbocycles. The first-order valence-corrected chi connectivity index (χ1v) is 3.29. The number of para-hydroxylation sites is 1. The van der Waals surface area contributed by atoms with E-state index in [-0.39, 0.29) is 0 Å². The second-order valence-electron chi connectivity index (χ2n) is 2.24. The van der Waals surface area contributed by atoms with E-state index < -0.39 is 5.97 Å². The summed E-state index contributed by atoms with van der Waals surface area (Å²) in [6.45, 7) is 4.99. The van der Waals surface area contributed by atoms with Crippen molar-refractivity contribution in [2.75, 3.05) is 0 Å². The standard InChI is InChI=1S/C9H9O2/c1-7-5-3-4-6-9(7)11-8(2)10/h3-6H,2H2,1H3. The molecule has 0 amide bonds. The van der Waals surface area contributed by atoms with E-state index in [9.17, 15) is 4.79 Å². The smallest absolute Gasteiger partial charge is 0.311 e. The molecule has 0 unspecified atom stereocenters. The van der Waals surface area contributed by atoms with Crippen LogP contribution in [0.2, 0.25) is 0 Å². The lowest BCUT2D eigenvalue weighted by atomic mass is 10.2. The van der Waals surface area contributed by atoms with Crippen LogP contribution >= 0.6 is 0 Å². The summed E-state index contributed by atoms with van der Waals surface area (Å²) >= 11 is 0. The first-order chi connectivity index (χ1) is 5.20. The Hall–Kier alpha value is -1.31. The minimum atomic E-state index is -0.528. The molecule has 0 aliphatic heterocycles. The van der Waals surface area contributed by atoms with E-state index in [1.165, 1.54) is 0 Å². The number of esters is 1. The van der Waals surface area contributed by atoms with Crippen molar-refractivity contribution in [3.8, 4) is 5.75 Å². The van der Waals surface area contributed by atoms with Crippen molar-refractivity contribution in [3.63, 3.8) is 0 Å². The van der Waals surface area contributed by atoms with Crippen molar-refractivity contribution >= 4 is 5.97 Å². The van der Waals surface area contributed by atoms with Gasteiger partial charge in [-0.05, 0) is 18.6 Å². The molecule has 1 aromatic rings. The van der Waals surface area contributed by atoms with Gasteiger partial charge in [0.2, 0.25) is 0 Å². The van der Waals surface area contributed by atoms with E-state index in [1.54, 1.807) is 6.07 Å². The molecule has 1 aromatic carbocycles. The number of hydrogen-bond donors (Lipinski definition) is 0. The van der Waals surface area contributed by atoms with Crippen molar-refractivity contribution in [3.05, 3.63) is 36.8 Å². The Morgan fingerprint density at radius 3 is 2.64 bits per heavy atom. The fourth-order valence-electron chi connectivity index (χ4n) is 0.794. The number of aryl methyl sites for hydroxylation is 1. The fraction of sp³-hybridized carbons (Fsp3) is 0.111. The molecule has 0 aromatic heterocycles. The molecular weight excluding hydrogens is 140 g/mol. The third-order valence-electron chi connectivity index (χ3n) is 1.32. The van der Waals surface area contributed by atoms with Gasteiger partial charge in [-0.2, -0.15) is 0 Å². The Morgan fingerprint density at radius 1 is 1.45 bits per heavy atom. The molecule has 11 heavy (non-hydrogen) atoms. The van der Waals surface area contributed by atoms with Gasteiger partial charge in [-0.25, -0.2) is 0 Å². The van der Waals surface area contributed by atoms with Crippen LogP contribution < -0.4 is 4.74 Å². The average Bonchev–Trinajstić information content (AvgIpc) is 1.93. The predicted molar refractivity (Wildman–Crippen MR) is 42.2 cm³/mol. The summed E-state index contributed by atoms with van der Waals surface area (Å²) in [5.74, 6) is 0.0480. The molecule has 1 rings (SSSR count). The number of benzene rings is 1. The second-order valence-corrected chi connectivity index (χ2v) is 2.24. The lowest BCUT2D eigenvalue weighted by molar-refractivity contribution is -0.129. The number of rotatable bonds is 1. The SMILES string of the molecule is [CH2]C(=O)Oc1ccccc1C. The van der Waals surface area contributed by atoms with Gasteiger partial charge in [0.15, 0.2) is 0 Å². The number of carbonyl (C=O) groups excluding carboxylic acids is 1. The van der Waals surface area contributed by atoms with Crippen molar-refractivity contribution in [2.24, 2.45) is 0 Å². The minimum absolute atomic E-state index is 0.528. The highest BCUT2D eigenvalue weighted by Gasteiger charge is 1.99. The minimum Gasteiger partial charge on any atom is -0.426 e. The van der Waals surface area contributed by atoms with Gasteiger partial charge in [0, 0.05) is 0 Å². The molecule has 0 fully saturated rings. The summed E-state index contributed by atoms with van der Waals surface area (Å²) in [6, 6.07) is 7.30. The van der Waals surface area contributed by atoms with Crippen LogP contribution in [0.15, 0.2) is 24.3 Å². The Balaban J connectivity index is 2.86. The first kappa shape index (κ1) is 7.79. The molecular formula is C9H9O2. The molecule has 57 valence electrons. The van der Waals surface area contributed by atoms with Crippen LogP contribution in [-0.4, -0.2) is 5.97 Å². The highest BCUT2D eigenvalue weighted by molar-refractivity contribution is 5.76. The lowest BCUT2D eigenvalue weighted by Gasteiger charge is -2.02. The topological polar surface area (TPSA) is 26.3 Å². The summed E-state index contributed by atoms with van der Waals surface area (Å²) in [5, 5.41) is 0. The van der Waals surface area contributed by atoms with Crippen LogP contribution in [0.5, 0.6) is 5.75 Å². The Morgan fingerprint density at radius 2 is 2.09 bits per heavy atom. The van der Waals surface area contributed by atoms with Crippen LogP contribution in [-0.2, 0) is 4.79 Å². The predicted octanol–water partition coefficient (Wildman–Crippen LogP) is 1.73. The molecule has 0 aliphatic carbocycles. The van der Waals surface area contributed by atoms with Crippen LogP contribution in [0.25, 0.3) is 0 Å². The molecule has 0 N–H and O–H groups in total. The van der Waals surface area contributed by atoms with E-state index in [2.05, 4.69) is 6.92 Å². The lowest BCUT2D eigenvalue weighted by Crippen LogP contribution is -2.02. The average molecular weight is 149 g/mol. The third kappa shape index (κ3) is 2.08. The molecule has 0 bridgehead atoms. The van der Waals surface area contributed by atoms with Gasteiger partial charge in [0.05, 0.1) is 6.92 Å². The normalized spacial score (nSPS) is 9.27. The van der Waals surface area contributed by atoms with Crippen LogP contribution in [0, 0.1) is 13.8 Å². The maximum Gasteiger partial charge on any atom is 0.311 e. The van der Waals surface area contributed by atoms with Gasteiger partial charge in [-0.3, -0.25) is 4.79 Å². The van der Waals surface area contributed by atoms with E-state index in [0.29, 0.717) is 5.75 Å². The summed E-state index contributed by atoms with van der Waals surface area (Å²) < 4.78 is 4.79. The van der Waals surface area contributed by atoms with E-state index in [4.69, 9.17) is 4.74 Å². The molecule has 2 nitrogen and oxygen atoms in total. The molecule has 1 radical (unpaired) electrons. The molecule has 0 spiro atoms. The molecule has 0 heterocycles. The number of ether oxygens (including phenoxy) is 1. The summed E-state index contributed by atoms with van der Waals surface area (Å²) in [7, 11) is 0. The molecule has 2 heteroatoms. The monoisotopic (exact) mass is 149 g/mol. The van der Waals surface area contributed by atoms with Crippen molar-refractivity contribution in [2.45, 2.75) is 6.92 Å². The molecule has 0 atom stereocenters. The summed E-state index contributed by atoms with van der Waals surface area (Å²) in [5.41, 5.74) is 0.935. The van der Waals surface area contributed by atoms with Gasteiger partial charge in [-0.1, -0.05) is 18.2 Å². The Labute approximate surface area is 65.8 Å². The van der Waals surface area contributed by atoms with Crippen molar-refractivity contribution in [1.29, 1.82) is 0 Å².